The fraction of sp³-hybridized carbons (Fsp3) is 0.0667. The number of hydrogen-bond donors (Lipinski definition) is 1. The lowest BCUT2D eigenvalue weighted by atomic mass is 10.1. The van der Waals surface area contributed by atoms with Gasteiger partial charge in [0.25, 0.3) is 0 Å². The van der Waals surface area contributed by atoms with Crippen molar-refractivity contribution >= 4 is 32.5 Å². The highest BCUT2D eigenvalue weighted by Gasteiger charge is 2.13. The Hall–Kier alpha value is -2.24. The summed E-state index contributed by atoms with van der Waals surface area (Å²) in [7, 11) is 0. The molecule has 0 saturated carbocycles. The van der Waals surface area contributed by atoms with Crippen LogP contribution in [0.3, 0.4) is 0 Å². The van der Waals surface area contributed by atoms with Crippen LogP contribution in [0.1, 0.15) is 10.4 Å². The lowest BCUT2D eigenvalue weighted by molar-refractivity contribution is 0.0999. The monoisotopic (exact) mass is 283 g/mol. The molecule has 0 unspecified atom stereocenters. The summed E-state index contributed by atoms with van der Waals surface area (Å²) in [6.45, 7) is 0.115. The van der Waals surface area contributed by atoms with E-state index in [9.17, 15) is 4.79 Å². The van der Waals surface area contributed by atoms with Crippen LogP contribution in [0.25, 0.3) is 10.2 Å². The molecule has 0 aliphatic carbocycles. The fourth-order valence-electron chi connectivity index (χ4n) is 1.92. The number of aromatic nitrogens is 1. The van der Waals surface area contributed by atoms with Gasteiger partial charge in [-0.15, -0.1) is 0 Å². The SMILES string of the molecule is NN(CC(=O)c1ccccc1)c1nc2ccccc2s1. The van der Waals surface area contributed by atoms with E-state index in [0.29, 0.717) is 10.7 Å². The van der Waals surface area contributed by atoms with Gasteiger partial charge in [0.05, 0.1) is 16.8 Å². The standard InChI is InChI=1S/C15H13N3OS/c16-18(10-13(19)11-6-2-1-3-7-11)15-17-12-8-4-5-9-14(12)20-15/h1-9H,10,16H2. The number of carbonyl (C=O) groups is 1. The number of hydrogen-bond acceptors (Lipinski definition) is 5. The van der Waals surface area contributed by atoms with Gasteiger partial charge in [-0.2, -0.15) is 0 Å². The molecule has 2 N–H and O–H groups in total. The maximum atomic E-state index is 12.1. The van der Waals surface area contributed by atoms with Gasteiger partial charge in [-0.25, -0.2) is 10.8 Å². The first-order chi connectivity index (χ1) is 9.74. The van der Waals surface area contributed by atoms with Crippen LogP contribution in [0.4, 0.5) is 5.13 Å². The summed E-state index contributed by atoms with van der Waals surface area (Å²) in [6.07, 6.45) is 0. The maximum Gasteiger partial charge on any atom is 0.201 e. The smallest absolute Gasteiger partial charge is 0.201 e. The zero-order chi connectivity index (χ0) is 13.9. The molecule has 0 aliphatic heterocycles. The van der Waals surface area contributed by atoms with Gasteiger partial charge in [0.1, 0.15) is 0 Å². The third-order valence-electron chi connectivity index (χ3n) is 2.94. The Morgan fingerprint density at radius 3 is 2.55 bits per heavy atom. The Kier molecular flexibility index (Phi) is 3.45. The number of nitrogens with zero attached hydrogens (tertiary/aromatic N) is 2. The molecule has 20 heavy (non-hydrogen) atoms. The number of thiazole rings is 1. The topological polar surface area (TPSA) is 59.2 Å². The second-order valence-electron chi connectivity index (χ2n) is 4.38. The zero-order valence-electron chi connectivity index (χ0n) is 10.7. The molecule has 5 heteroatoms. The number of nitrogens with two attached hydrogens (primary N) is 1. The minimum atomic E-state index is -0.0210. The minimum absolute atomic E-state index is 0.0210. The van der Waals surface area contributed by atoms with Crippen molar-refractivity contribution in [1.82, 2.24) is 4.98 Å². The van der Waals surface area contributed by atoms with Gasteiger partial charge in [-0.3, -0.25) is 9.80 Å². The quantitative estimate of drug-likeness (QED) is 0.454. The van der Waals surface area contributed by atoms with Crippen molar-refractivity contribution in [2.75, 3.05) is 11.6 Å². The maximum absolute atomic E-state index is 12.1. The van der Waals surface area contributed by atoms with E-state index in [1.165, 1.54) is 16.3 Å². The number of anilines is 1. The summed E-state index contributed by atoms with van der Waals surface area (Å²) < 4.78 is 1.06. The molecule has 3 aromatic rings. The van der Waals surface area contributed by atoms with Crippen LogP contribution in [0.2, 0.25) is 0 Å². The van der Waals surface area contributed by atoms with E-state index in [2.05, 4.69) is 4.98 Å². The molecule has 2 aromatic carbocycles. The molecule has 0 spiro atoms. The van der Waals surface area contributed by atoms with Crippen molar-refractivity contribution in [2.24, 2.45) is 5.84 Å². The summed E-state index contributed by atoms with van der Waals surface area (Å²) in [5.41, 5.74) is 1.55. The van der Waals surface area contributed by atoms with Crippen molar-refractivity contribution in [3.05, 3.63) is 60.2 Å². The molecule has 4 nitrogen and oxygen atoms in total. The van der Waals surface area contributed by atoms with Crippen LogP contribution in [0.5, 0.6) is 0 Å². The molecule has 0 radical (unpaired) electrons. The highest BCUT2D eigenvalue weighted by atomic mass is 32.1. The first kappa shape index (κ1) is 12.8. The van der Waals surface area contributed by atoms with E-state index in [4.69, 9.17) is 5.84 Å². The number of Topliss-reactive ketones (excluding diaryl/α,β-unsaturated/α-hetero) is 1. The third-order valence-corrected chi connectivity index (χ3v) is 4.01. The van der Waals surface area contributed by atoms with E-state index in [0.717, 1.165) is 10.2 Å². The van der Waals surface area contributed by atoms with Crippen molar-refractivity contribution in [3.63, 3.8) is 0 Å². The second-order valence-corrected chi connectivity index (χ2v) is 5.39. The molecule has 1 aromatic heterocycles. The molecule has 3 rings (SSSR count). The number of carbonyl (C=O) groups excluding carboxylic acids is 1. The van der Waals surface area contributed by atoms with Crippen molar-refractivity contribution in [3.8, 4) is 0 Å². The molecule has 100 valence electrons. The number of para-hydroxylation sites is 1. The first-order valence-corrected chi connectivity index (χ1v) is 7.02. The number of hydrazine groups is 1. The van der Waals surface area contributed by atoms with E-state index in [1.807, 2.05) is 42.5 Å². The Balaban J connectivity index is 1.79. The number of benzene rings is 2. The lowest BCUT2D eigenvalue weighted by Gasteiger charge is -2.13. The molecule has 0 amide bonds. The van der Waals surface area contributed by atoms with Gasteiger partial charge < -0.3 is 0 Å². The summed E-state index contributed by atoms with van der Waals surface area (Å²) in [6, 6.07) is 16.9. The minimum Gasteiger partial charge on any atom is -0.292 e. The summed E-state index contributed by atoms with van der Waals surface area (Å²) in [5, 5.41) is 2.05. The van der Waals surface area contributed by atoms with Crippen molar-refractivity contribution in [1.29, 1.82) is 0 Å². The second kappa shape index (κ2) is 5.40. The molecular weight excluding hydrogens is 270 g/mol. The van der Waals surface area contributed by atoms with Crippen LogP contribution in [-0.2, 0) is 0 Å². The molecule has 1 heterocycles. The van der Waals surface area contributed by atoms with Crippen LogP contribution < -0.4 is 10.9 Å². The molecular formula is C15H13N3OS. The zero-order valence-corrected chi connectivity index (χ0v) is 11.5. The van der Waals surface area contributed by atoms with Crippen LogP contribution in [0, 0.1) is 0 Å². The predicted octanol–water partition coefficient (Wildman–Crippen LogP) is 2.86. The lowest BCUT2D eigenvalue weighted by Crippen LogP contribution is -2.36. The highest BCUT2D eigenvalue weighted by molar-refractivity contribution is 7.22. The number of ketones is 1. The first-order valence-electron chi connectivity index (χ1n) is 6.20. The predicted molar refractivity (Wildman–Crippen MR) is 81.9 cm³/mol. The molecule has 0 saturated heterocycles. The summed E-state index contributed by atoms with van der Waals surface area (Å²) in [4.78, 5) is 16.5. The summed E-state index contributed by atoms with van der Waals surface area (Å²) >= 11 is 1.48. The van der Waals surface area contributed by atoms with Gasteiger partial charge >= 0.3 is 0 Å². The van der Waals surface area contributed by atoms with Gasteiger partial charge in [0.15, 0.2) is 5.78 Å². The molecule has 0 fully saturated rings. The van der Waals surface area contributed by atoms with Crippen LogP contribution in [-0.4, -0.2) is 17.3 Å². The van der Waals surface area contributed by atoms with E-state index in [1.54, 1.807) is 12.1 Å². The van der Waals surface area contributed by atoms with Gasteiger partial charge in [0, 0.05) is 5.56 Å². The highest BCUT2D eigenvalue weighted by Crippen LogP contribution is 2.27. The fourth-order valence-corrected chi connectivity index (χ4v) is 2.81. The van der Waals surface area contributed by atoms with Crippen molar-refractivity contribution < 1.29 is 4.79 Å². The van der Waals surface area contributed by atoms with Gasteiger partial charge in [0.2, 0.25) is 5.13 Å². The Morgan fingerprint density at radius 1 is 1.10 bits per heavy atom. The van der Waals surface area contributed by atoms with Crippen LogP contribution in [0.15, 0.2) is 54.6 Å². The summed E-state index contributed by atoms with van der Waals surface area (Å²) in [5.74, 6) is 5.94. The van der Waals surface area contributed by atoms with Gasteiger partial charge in [-0.1, -0.05) is 53.8 Å². The number of rotatable bonds is 4. The van der Waals surface area contributed by atoms with E-state index in [-0.39, 0.29) is 12.3 Å². The molecule has 0 aliphatic rings. The Morgan fingerprint density at radius 2 is 1.80 bits per heavy atom. The third kappa shape index (κ3) is 2.54. The Bertz CT molecular complexity index is 706. The van der Waals surface area contributed by atoms with E-state index >= 15 is 0 Å². The van der Waals surface area contributed by atoms with Crippen molar-refractivity contribution in [2.45, 2.75) is 0 Å². The average molecular weight is 283 g/mol. The largest absolute Gasteiger partial charge is 0.292 e. The molecule has 0 bridgehead atoms. The Labute approximate surface area is 120 Å². The van der Waals surface area contributed by atoms with Gasteiger partial charge in [-0.05, 0) is 12.1 Å². The number of fused-ring (bicyclic) bond motifs is 1. The van der Waals surface area contributed by atoms with Crippen LogP contribution >= 0.6 is 11.3 Å². The normalized spacial score (nSPS) is 10.7. The molecule has 0 atom stereocenters. The van der Waals surface area contributed by atoms with E-state index < -0.39 is 0 Å². The average Bonchev–Trinajstić information content (AvgIpc) is 2.92.